The second kappa shape index (κ2) is 8.12. The number of rotatable bonds is 4. The largest absolute Gasteiger partial charge is 0.262 e. The smallest absolute Gasteiger partial charge is 0.129 e. The summed E-state index contributed by atoms with van der Waals surface area (Å²) in [6.45, 7) is 2.71. The van der Waals surface area contributed by atoms with E-state index in [4.69, 9.17) is 4.98 Å². The van der Waals surface area contributed by atoms with Gasteiger partial charge in [0.05, 0.1) is 11.7 Å². The minimum atomic E-state index is 0.687. The van der Waals surface area contributed by atoms with Gasteiger partial charge in [0, 0.05) is 24.2 Å². The Balaban J connectivity index is 1.08. The molecule has 7 atom stereocenters. The third kappa shape index (κ3) is 3.51. The highest BCUT2D eigenvalue weighted by molar-refractivity contribution is 5.76. The number of hydrogen-bond donors (Lipinski definition) is 0. The van der Waals surface area contributed by atoms with E-state index in [-0.39, 0.29) is 0 Å². The summed E-state index contributed by atoms with van der Waals surface area (Å²) in [5.41, 5.74) is 1.67. The maximum absolute atomic E-state index is 4.75. The first-order valence-electron chi connectivity index (χ1n) is 13.3. The minimum absolute atomic E-state index is 0.687. The van der Waals surface area contributed by atoms with E-state index in [1.54, 1.807) is 12.8 Å². The Morgan fingerprint density at radius 3 is 2.81 bits per heavy atom. The summed E-state index contributed by atoms with van der Waals surface area (Å²) in [5, 5.41) is 1.09. The molecule has 0 bridgehead atoms. The van der Waals surface area contributed by atoms with Crippen LogP contribution in [0.15, 0.2) is 24.7 Å². The summed E-state index contributed by atoms with van der Waals surface area (Å²) in [5.74, 6) is 7.18. The molecule has 2 heterocycles. The fourth-order valence-corrected chi connectivity index (χ4v) is 8.98. The van der Waals surface area contributed by atoms with E-state index in [0.717, 1.165) is 58.7 Å². The Morgan fingerprint density at radius 2 is 1.84 bits per heavy atom. The molecule has 4 fully saturated rings. The Morgan fingerprint density at radius 1 is 0.935 bits per heavy atom. The van der Waals surface area contributed by atoms with Crippen LogP contribution >= 0.6 is 0 Å². The van der Waals surface area contributed by atoms with Crippen molar-refractivity contribution in [2.45, 2.75) is 90.4 Å². The summed E-state index contributed by atoms with van der Waals surface area (Å²) in [6, 6.07) is 2.00. The fraction of sp³-hybridized carbons (Fsp3) is 0.750. The Hall–Kier alpha value is -1.51. The van der Waals surface area contributed by atoms with Crippen molar-refractivity contribution >= 4 is 10.9 Å². The molecule has 4 aliphatic rings. The summed E-state index contributed by atoms with van der Waals surface area (Å²) in [7, 11) is 0. The molecule has 0 aliphatic heterocycles. The number of pyridine rings is 1. The predicted molar refractivity (Wildman–Crippen MR) is 125 cm³/mol. The van der Waals surface area contributed by atoms with Crippen LogP contribution in [0, 0.1) is 40.9 Å². The molecule has 4 aliphatic carbocycles. The maximum Gasteiger partial charge on any atom is 0.129 e. The van der Waals surface area contributed by atoms with Gasteiger partial charge in [-0.15, -0.1) is 0 Å². The predicted octanol–water partition coefficient (Wildman–Crippen LogP) is 7.01. The Bertz CT molecular complexity index is 925. The van der Waals surface area contributed by atoms with Crippen LogP contribution in [0.2, 0.25) is 0 Å². The third-order valence-corrected chi connectivity index (χ3v) is 10.5. The van der Waals surface area contributed by atoms with E-state index in [1.807, 2.05) is 24.7 Å². The molecule has 0 aromatic carbocycles. The van der Waals surface area contributed by atoms with Crippen LogP contribution < -0.4 is 0 Å². The Kier molecular flexibility index (Phi) is 5.27. The molecular weight excluding hydrogens is 378 g/mol. The van der Waals surface area contributed by atoms with Crippen molar-refractivity contribution < 1.29 is 0 Å². The summed E-state index contributed by atoms with van der Waals surface area (Å²) in [4.78, 5) is 13.6. The van der Waals surface area contributed by atoms with Crippen molar-refractivity contribution in [2.24, 2.45) is 40.9 Å². The number of nitrogens with zero attached hydrogens (tertiary/aromatic N) is 3. The van der Waals surface area contributed by atoms with Gasteiger partial charge in [0.1, 0.15) is 5.82 Å². The van der Waals surface area contributed by atoms with Crippen LogP contribution in [0.25, 0.3) is 10.9 Å². The van der Waals surface area contributed by atoms with Crippen molar-refractivity contribution in [3.8, 4) is 0 Å². The van der Waals surface area contributed by atoms with Crippen molar-refractivity contribution in [1.29, 1.82) is 0 Å². The highest BCUT2D eigenvalue weighted by atomic mass is 14.9. The molecule has 4 saturated carbocycles. The fourth-order valence-electron chi connectivity index (χ4n) is 8.98. The first-order valence-corrected chi connectivity index (χ1v) is 13.3. The molecule has 2 aromatic rings. The van der Waals surface area contributed by atoms with Gasteiger partial charge in [-0.05, 0) is 111 Å². The van der Waals surface area contributed by atoms with Gasteiger partial charge in [-0.1, -0.05) is 19.8 Å². The monoisotopic (exact) mass is 417 g/mol. The summed E-state index contributed by atoms with van der Waals surface area (Å²) < 4.78 is 0. The van der Waals surface area contributed by atoms with E-state index in [9.17, 15) is 0 Å². The first kappa shape index (κ1) is 20.1. The molecule has 7 unspecified atom stereocenters. The van der Waals surface area contributed by atoms with Crippen LogP contribution in [-0.4, -0.2) is 15.0 Å². The van der Waals surface area contributed by atoms with Gasteiger partial charge < -0.3 is 0 Å². The van der Waals surface area contributed by atoms with Gasteiger partial charge in [0.2, 0.25) is 0 Å². The molecule has 0 N–H and O–H groups in total. The lowest BCUT2D eigenvalue weighted by Crippen LogP contribution is -2.50. The molecule has 0 amide bonds. The second-order valence-electron chi connectivity index (χ2n) is 11.7. The zero-order chi connectivity index (χ0) is 20.8. The normalized spacial score (nSPS) is 39.6. The van der Waals surface area contributed by atoms with Crippen molar-refractivity contribution in [2.75, 3.05) is 0 Å². The molecule has 166 valence electrons. The molecule has 3 heteroatoms. The van der Waals surface area contributed by atoms with Crippen LogP contribution in [0.5, 0.6) is 0 Å². The maximum atomic E-state index is 4.75. The summed E-state index contributed by atoms with van der Waals surface area (Å²) in [6.07, 6.45) is 24.5. The zero-order valence-corrected chi connectivity index (χ0v) is 19.3. The molecule has 2 aromatic heterocycles. The van der Waals surface area contributed by atoms with Gasteiger partial charge in [-0.3, -0.25) is 4.98 Å². The van der Waals surface area contributed by atoms with E-state index in [1.165, 1.54) is 64.2 Å². The van der Waals surface area contributed by atoms with Gasteiger partial charge in [-0.2, -0.15) is 0 Å². The average Bonchev–Trinajstić information content (AvgIpc) is 3.22. The molecule has 0 saturated heterocycles. The summed E-state index contributed by atoms with van der Waals surface area (Å²) >= 11 is 0. The number of aryl methyl sites for hydroxylation is 1. The first-order chi connectivity index (χ1) is 15.2. The molecule has 3 nitrogen and oxygen atoms in total. The van der Waals surface area contributed by atoms with Crippen LogP contribution in [0.3, 0.4) is 0 Å². The highest BCUT2D eigenvalue weighted by Gasteiger charge is 2.55. The number of aromatic nitrogens is 3. The Labute approximate surface area is 187 Å². The quantitative estimate of drug-likeness (QED) is 0.537. The van der Waals surface area contributed by atoms with Crippen molar-refractivity contribution in [3.05, 3.63) is 30.5 Å². The average molecular weight is 418 g/mol. The van der Waals surface area contributed by atoms with E-state index in [0.29, 0.717) is 5.41 Å². The van der Waals surface area contributed by atoms with Gasteiger partial charge in [-0.25, -0.2) is 9.97 Å². The lowest BCUT2D eigenvalue weighted by atomic mass is 9.47. The van der Waals surface area contributed by atoms with Crippen molar-refractivity contribution in [3.63, 3.8) is 0 Å². The SMILES string of the molecule is CC12CCCCC1CCC1C3CCC(CCCc4ncc5ccncc5n4)C3CCC12. The molecule has 6 rings (SSSR count). The minimum Gasteiger partial charge on any atom is -0.262 e. The lowest BCUT2D eigenvalue weighted by molar-refractivity contribution is -0.0871. The standard InChI is InChI=1S/C28H39N3/c1-28-15-3-2-6-21(28)9-11-24-23-10-8-19(22(23)12-13-25(24)28)5-4-7-27-30-17-20-14-16-29-18-26(20)31-27/h14,16-19,21-25H,2-13,15H2,1H3. The molecule has 0 radical (unpaired) electrons. The van der Waals surface area contributed by atoms with E-state index in [2.05, 4.69) is 16.9 Å². The van der Waals surface area contributed by atoms with Crippen LogP contribution in [-0.2, 0) is 6.42 Å². The van der Waals surface area contributed by atoms with Gasteiger partial charge in [0.25, 0.3) is 0 Å². The number of fused-ring (bicyclic) bond motifs is 6. The van der Waals surface area contributed by atoms with Gasteiger partial charge in [0.15, 0.2) is 0 Å². The second-order valence-corrected chi connectivity index (χ2v) is 11.7. The zero-order valence-electron chi connectivity index (χ0n) is 19.3. The molecular formula is C28H39N3. The highest BCUT2D eigenvalue weighted by Crippen LogP contribution is 2.64. The number of hydrogen-bond acceptors (Lipinski definition) is 3. The van der Waals surface area contributed by atoms with Crippen LogP contribution in [0.1, 0.15) is 89.8 Å². The van der Waals surface area contributed by atoms with Crippen molar-refractivity contribution in [1.82, 2.24) is 15.0 Å². The van der Waals surface area contributed by atoms with E-state index < -0.39 is 0 Å². The lowest BCUT2D eigenvalue weighted by Gasteiger charge is -2.58. The van der Waals surface area contributed by atoms with E-state index >= 15 is 0 Å². The van der Waals surface area contributed by atoms with Crippen LogP contribution in [0.4, 0.5) is 0 Å². The topological polar surface area (TPSA) is 38.7 Å². The van der Waals surface area contributed by atoms with Gasteiger partial charge >= 0.3 is 0 Å². The molecule has 0 spiro atoms. The third-order valence-electron chi connectivity index (χ3n) is 10.5. The molecule has 31 heavy (non-hydrogen) atoms.